The molecule has 0 fully saturated rings. The van der Waals surface area contributed by atoms with Gasteiger partial charge in [-0.25, -0.2) is 0 Å². The van der Waals surface area contributed by atoms with Crippen LogP contribution in [-0.4, -0.2) is 33.7 Å². The Labute approximate surface area is 97.2 Å². The van der Waals surface area contributed by atoms with Crippen molar-refractivity contribution in [2.45, 2.75) is 44.8 Å². The van der Waals surface area contributed by atoms with E-state index in [2.05, 4.69) is 5.10 Å². The lowest BCUT2D eigenvalue weighted by molar-refractivity contribution is -0.0210. The Morgan fingerprint density at radius 1 is 1.56 bits per heavy atom. The molecule has 1 N–H and O–H groups in total. The van der Waals surface area contributed by atoms with Gasteiger partial charge in [0, 0.05) is 32.5 Å². The molecule has 0 aliphatic carbocycles. The van der Waals surface area contributed by atoms with Gasteiger partial charge in [-0.15, -0.1) is 0 Å². The van der Waals surface area contributed by atoms with Gasteiger partial charge in [-0.05, 0) is 32.8 Å². The molecule has 0 spiro atoms. The van der Waals surface area contributed by atoms with Crippen LogP contribution in [0.3, 0.4) is 0 Å². The first-order chi connectivity index (χ1) is 7.44. The van der Waals surface area contributed by atoms with Crippen molar-refractivity contribution < 1.29 is 9.84 Å². The first-order valence-electron chi connectivity index (χ1n) is 5.65. The van der Waals surface area contributed by atoms with Gasteiger partial charge in [0.15, 0.2) is 0 Å². The van der Waals surface area contributed by atoms with E-state index in [1.165, 1.54) is 0 Å². The highest BCUT2D eigenvalue weighted by molar-refractivity contribution is 5.00. The van der Waals surface area contributed by atoms with Crippen LogP contribution in [-0.2, 0) is 18.2 Å². The van der Waals surface area contributed by atoms with Crippen LogP contribution in [0, 0.1) is 0 Å². The number of rotatable bonds is 6. The number of hydrogen-bond donors (Lipinski definition) is 1. The molecule has 4 heteroatoms. The molecule has 0 amide bonds. The van der Waals surface area contributed by atoms with Crippen molar-refractivity contribution in [3.8, 4) is 0 Å². The van der Waals surface area contributed by atoms with Gasteiger partial charge in [0.2, 0.25) is 0 Å². The fourth-order valence-electron chi connectivity index (χ4n) is 1.71. The second-order valence-electron chi connectivity index (χ2n) is 4.81. The Kier molecular flexibility index (Phi) is 4.50. The van der Waals surface area contributed by atoms with Gasteiger partial charge in [0.25, 0.3) is 0 Å². The maximum absolute atomic E-state index is 9.90. The quantitative estimate of drug-likeness (QED) is 0.800. The predicted octanol–water partition coefficient (Wildman–Crippen LogP) is 1.53. The molecular formula is C12H22N2O2. The van der Waals surface area contributed by atoms with Crippen molar-refractivity contribution in [2.24, 2.45) is 7.05 Å². The van der Waals surface area contributed by atoms with Crippen LogP contribution in [0.5, 0.6) is 0 Å². The number of aliphatic hydroxyl groups excluding tert-OH is 1. The largest absolute Gasteiger partial charge is 0.393 e. The molecule has 1 rings (SSSR count). The summed E-state index contributed by atoms with van der Waals surface area (Å²) in [5.41, 5.74) is 0.889. The molecule has 0 aliphatic heterocycles. The van der Waals surface area contributed by atoms with Gasteiger partial charge in [-0.1, -0.05) is 0 Å². The minimum atomic E-state index is -0.329. The summed E-state index contributed by atoms with van der Waals surface area (Å²) in [4.78, 5) is 0. The lowest BCUT2D eigenvalue weighted by atomic mass is 9.97. The van der Waals surface area contributed by atoms with Gasteiger partial charge < -0.3 is 9.84 Å². The van der Waals surface area contributed by atoms with Gasteiger partial charge in [-0.2, -0.15) is 5.10 Å². The molecule has 0 saturated carbocycles. The monoisotopic (exact) mass is 226 g/mol. The topological polar surface area (TPSA) is 47.3 Å². The highest BCUT2D eigenvalue weighted by Gasteiger charge is 2.21. The number of ether oxygens (including phenoxy) is 1. The Hall–Kier alpha value is -0.870. The summed E-state index contributed by atoms with van der Waals surface area (Å²) in [7, 11) is 3.59. The SMILES string of the molecule is COC(C)(C)CC(O)CCc1ccnn1C. The second kappa shape index (κ2) is 5.46. The number of aromatic nitrogens is 2. The zero-order valence-corrected chi connectivity index (χ0v) is 10.6. The zero-order valence-electron chi connectivity index (χ0n) is 10.6. The molecular weight excluding hydrogens is 204 g/mol. The standard InChI is InChI=1S/C12H22N2O2/c1-12(2,16-4)9-11(15)6-5-10-7-8-13-14(10)3/h7-8,11,15H,5-6,9H2,1-4H3. The van der Waals surface area contributed by atoms with E-state index in [-0.39, 0.29) is 11.7 Å². The van der Waals surface area contributed by atoms with E-state index >= 15 is 0 Å². The molecule has 16 heavy (non-hydrogen) atoms. The Bertz CT molecular complexity index is 321. The minimum absolute atomic E-state index is 0.258. The third-order valence-electron chi connectivity index (χ3n) is 2.94. The predicted molar refractivity (Wildman–Crippen MR) is 63.2 cm³/mol. The van der Waals surface area contributed by atoms with Gasteiger partial charge in [0.05, 0.1) is 11.7 Å². The minimum Gasteiger partial charge on any atom is -0.393 e. The molecule has 1 aromatic heterocycles. The highest BCUT2D eigenvalue weighted by atomic mass is 16.5. The van der Waals surface area contributed by atoms with Gasteiger partial charge in [0.1, 0.15) is 0 Å². The van der Waals surface area contributed by atoms with E-state index < -0.39 is 0 Å². The van der Waals surface area contributed by atoms with Gasteiger partial charge in [-0.3, -0.25) is 4.68 Å². The first-order valence-corrected chi connectivity index (χ1v) is 5.65. The van der Waals surface area contributed by atoms with Crippen LogP contribution in [0.2, 0.25) is 0 Å². The summed E-state index contributed by atoms with van der Waals surface area (Å²) in [6, 6.07) is 1.98. The number of hydrogen-bond acceptors (Lipinski definition) is 3. The molecule has 1 unspecified atom stereocenters. The average molecular weight is 226 g/mol. The van der Waals surface area contributed by atoms with E-state index in [1.54, 1.807) is 13.3 Å². The highest BCUT2D eigenvalue weighted by Crippen LogP contribution is 2.18. The van der Waals surface area contributed by atoms with Crippen molar-refractivity contribution in [1.29, 1.82) is 0 Å². The summed E-state index contributed by atoms with van der Waals surface area (Å²) in [5.74, 6) is 0. The third kappa shape index (κ3) is 3.94. The Morgan fingerprint density at radius 3 is 2.75 bits per heavy atom. The number of aryl methyl sites for hydroxylation is 2. The molecule has 1 heterocycles. The summed E-state index contributed by atoms with van der Waals surface area (Å²) >= 11 is 0. The fourth-order valence-corrected chi connectivity index (χ4v) is 1.71. The molecule has 0 radical (unpaired) electrons. The van der Waals surface area contributed by atoms with Crippen molar-refractivity contribution in [3.63, 3.8) is 0 Å². The first kappa shape index (κ1) is 13.2. The van der Waals surface area contributed by atoms with E-state index in [1.807, 2.05) is 31.6 Å². The maximum Gasteiger partial charge on any atom is 0.0647 e. The summed E-state index contributed by atoms with van der Waals surface area (Å²) in [5, 5.41) is 14.0. The molecule has 1 aromatic rings. The van der Waals surface area contributed by atoms with E-state index in [4.69, 9.17) is 4.74 Å². The smallest absolute Gasteiger partial charge is 0.0647 e. The third-order valence-corrected chi connectivity index (χ3v) is 2.94. The van der Waals surface area contributed by atoms with Gasteiger partial charge >= 0.3 is 0 Å². The number of nitrogens with zero attached hydrogens (tertiary/aromatic N) is 2. The van der Waals surface area contributed by atoms with Crippen LogP contribution >= 0.6 is 0 Å². The fraction of sp³-hybridized carbons (Fsp3) is 0.750. The van der Waals surface area contributed by atoms with E-state index in [0.29, 0.717) is 6.42 Å². The molecule has 92 valence electrons. The molecule has 0 aliphatic rings. The summed E-state index contributed by atoms with van der Waals surface area (Å²) < 4.78 is 7.13. The number of aliphatic hydroxyl groups is 1. The molecule has 0 bridgehead atoms. The normalized spacial score (nSPS) is 14.1. The molecule has 0 saturated heterocycles. The Balaban J connectivity index is 2.36. The van der Waals surface area contributed by atoms with Crippen LogP contribution < -0.4 is 0 Å². The zero-order chi connectivity index (χ0) is 12.2. The van der Waals surface area contributed by atoms with Crippen molar-refractivity contribution in [1.82, 2.24) is 9.78 Å². The summed E-state index contributed by atoms with van der Waals surface area (Å²) in [6.07, 6.45) is 3.69. The molecule has 0 aromatic carbocycles. The molecule has 1 atom stereocenters. The van der Waals surface area contributed by atoms with Crippen LogP contribution in [0.15, 0.2) is 12.3 Å². The van der Waals surface area contributed by atoms with Crippen molar-refractivity contribution >= 4 is 0 Å². The average Bonchev–Trinajstić information content (AvgIpc) is 2.60. The van der Waals surface area contributed by atoms with Crippen LogP contribution in [0.1, 0.15) is 32.4 Å². The lowest BCUT2D eigenvalue weighted by Gasteiger charge is -2.25. The summed E-state index contributed by atoms with van der Waals surface area (Å²) in [6.45, 7) is 3.97. The van der Waals surface area contributed by atoms with E-state index in [9.17, 15) is 5.11 Å². The van der Waals surface area contributed by atoms with Crippen molar-refractivity contribution in [3.05, 3.63) is 18.0 Å². The van der Waals surface area contributed by atoms with E-state index in [0.717, 1.165) is 18.5 Å². The van der Waals surface area contributed by atoms with Crippen LogP contribution in [0.25, 0.3) is 0 Å². The van der Waals surface area contributed by atoms with Crippen molar-refractivity contribution in [2.75, 3.05) is 7.11 Å². The Morgan fingerprint density at radius 2 is 2.25 bits per heavy atom. The second-order valence-corrected chi connectivity index (χ2v) is 4.81. The molecule has 4 nitrogen and oxygen atoms in total. The number of methoxy groups -OCH3 is 1. The lowest BCUT2D eigenvalue weighted by Crippen LogP contribution is -2.29. The van der Waals surface area contributed by atoms with Crippen LogP contribution in [0.4, 0.5) is 0 Å². The maximum atomic E-state index is 9.90.